The summed E-state index contributed by atoms with van der Waals surface area (Å²) in [5.41, 5.74) is 3.29. The van der Waals surface area contributed by atoms with Gasteiger partial charge < -0.3 is 117 Å². The minimum Gasteiger partial charge on any atom is -0.507 e. The number of Topliss-reactive ketones (excluding diaryl/α,β-unsaturated/α-hetero) is 3. The van der Waals surface area contributed by atoms with Crippen molar-refractivity contribution in [2.24, 2.45) is 53.1 Å². The number of amides is 7. The number of sulfonamides is 1. The molecule has 6 aromatic carbocycles. The molecule has 36 nitrogen and oxygen atoms in total. The number of ether oxygens (including phenoxy) is 7. The Morgan fingerprint density at radius 3 is 1.96 bits per heavy atom. The van der Waals surface area contributed by atoms with Gasteiger partial charge in [-0.3, -0.25) is 43.7 Å². The number of halogens is 2. The molecular formula is C95H117Cl2N9O27S. The maximum Gasteiger partial charge on any atom is 0.325 e. The number of urea groups is 1. The van der Waals surface area contributed by atoms with Crippen molar-refractivity contribution >= 4 is 91.8 Å². The molecule has 0 unspecified atom stereocenters. The van der Waals surface area contributed by atoms with E-state index in [1.54, 1.807) is 6.92 Å². The van der Waals surface area contributed by atoms with Gasteiger partial charge >= 0.3 is 6.03 Å². The summed E-state index contributed by atoms with van der Waals surface area (Å²) in [6.07, 6.45) is -13.7. The van der Waals surface area contributed by atoms with Crippen LogP contribution < -0.4 is 66.6 Å². The quantitative estimate of drug-likeness (QED) is 0.0228. The molecule has 6 aromatic rings. The lowest BCUT2D eigenvalue weighted by molar-refractivity contribution is -0.333. The summed E-state index contributed by atoms with van der Waals surface area (Å²) in [7, 11) is -2.06. The molecule has 0 radical (unpaired) electrons. The Morgan fingerprint density at radius 2 is 1.34 bits per heavy atom. The molecule has 4 saturated carbocycles. The number of methoxy groups -OCH3 is 1. The van der Waals surface area contributed by atoms with Gasteiger partial charge in [0, 0.05) is 73.5 Å². The van der Waals surface area contributed by atoms with Crippen LogP contribution in [0.3, 0.4) is 0 Å². The van der Waals surface area contributed by atoms with E-state index in [0.717, 1.165) is 62.6 Å². The van der Waals surface area contributed by atoms with Gasteiger partial charge in [-0.1, -0.05) is 68.6 Å². The summed E-state index contributed by atoms with van der Waals surface area (Å²) < 4.78 is 70.7. The fourth-order valence-corrected chi connectivity index (χ4v) is 21.2. The topological polar surface area (TPSA) is 557 Å². The van der Waals surface area contributed by atoms with Crippen molar-refractivity contribution in [3.63, 3.8) is 0 Å². The van der Waals surface area contributed by atoms with E-state index in [4.69, 9.17) is 62.1 Å². The largest absolute Gasteiger partial charge is 0.507 e. The number of fused-ring (bicyclic) bond motifs is 15. The van der Waals surface area contributed by atoms with Crippen LogP contribution >= 0.6 is 23.2 Å². The number of carbonyl (C=O) groups is 9. The van der Waals surface area contributed by atoms with Crippen LogP contribution in [0.15, 0.2) is 97.1 Å². The number of imide groups is 1. The fraction of sp³-hybridized carbons (Fsp3) is 0.526. The number of hydrogen-bond donors (Lipinski definition) is 18. The first-order chi connectivity index (χ1) is 63.6. The lowest BCUT2D eigenvalue weighted by Gasteiger charge is -2.54. The Labute approximate surface area is 784 Å². The normalized spacial score (nSPS) is 29.4. The zero-order valence-corrected chi connectivity index (χ0v) is 77.4. The fourth-order valence-electron chi connectivity index (χ4n) is 20.3. The molecule has 18 atom stereocenters. The molecule has 11 aliphatic rings. The molecule has 4 aliphatic carbocycles. The van der Waals surface area contributed by atoms with Crippen LogP contribution in [0.5, 0.6) is 51.7 Å². The monoisotopic (exact) mass is 1920 g/mol. The Morgan fingerprint density at radius 1 is 0.701 bits per heavy atom. The van der Waals surface area contributed by atoms with Crippen LogP contribution in [0.25, 0.3) is 11.1 Å². The number of hydrogen-bond acceptors (Lipinski definition) is 29. The van der Waals surface area contributed by atoms with Gasteiger partial charge in [0.15, 0.2) is 41.2 Å². The van der Waals surface area contributed by atoms with Gasteiger partial charge in [0.25, 0.3) is 0 Å². The first kappa shape index (κ1) is 99.8. The highest BCUT2D eigenvalue weighted by Gasteiger charge is 2.54. The molecule has 7 aliphatic heterocycles. The second kappa shape index (κ2) is 42.2. The molecule has 15 bridgehead atoms. The van der Waals surface area contributed by atoms with Gasteiger partial charge in [0.2, 0.25) is 51.6 Å². The van der Waals surface area contributed by atoms with E-state index < -0.39 is 243 Å². The number of carbonyl (C=O) groups excluding carboxylic acids is 9. The lowest BCUT2D eigenvalue weighted by atomic mass is 9.51. The van der Waals surface area contributed by atoms with Crippen molar-refractivity contribution in [3.8, 4) is 62.9 Å². The second-order valence-electron chi connectivity index (χ2n) is 37.4. The third-order valence-corrected chi connectivity index (χ3v) is 28.4. The van der Waals surface area contributed by atoms with Crippen molar-refractivity contribution in [1.82, 2.24) is 36.6 Å². The van der Waals surface area contributed by atoms with Crippen LogP contribution in [0.2, 0.25) is 10.0 Å². The summed E-state index contributed by atoms with van der Waals surface area (Å²) >= 11 is 14.6. The number of phenols is 3. The zero-order chi connectivity index (χ0) is 96.4. The number of aromatic hydroxyl groups is 3. The highest BCUT2D eigenvalue weighted by atomic mass is 35.5. The van der Waals surface area contributed by atoms with E-state index >= 15 is 28.8 Å². The summed E-state index contributed by atoms with van der Waals surface area (Å²) in [4.78, 5) is 141. The minimum absolute atomic E-state index is 0.0699. The molecule has 0 aromatic heterocycles. The van der Waals surface area contributed by atoms with Crippen molar-refractivity contribution in [1.29, 1.82) is 0 Å². The lowest BCUT2D eigenvalue weighted by Crippen LogP contribution is -2.64. The number of aliphatic hydroxyl groups excluding tert-OH is 6. The number of phenolic OH excluding ortho intramolecular Hbond substituents is 3. The molecule has 6 fully saturated rings. The van der Waals surface area contributed by atoms with Crippen molar-refractivity contribution in [2.45, 2.75) is 235 Å². The summed E-state index contributed by atoms with van der Waals surface area (Å²) in [5, 5.41) is 128. The van der Waals surface area contributed by atoms with Gasteiger partial charge in [-0.25, -0.2) is 17.9 Å². The number of nitrogens with two attached hydrogens (primary N) is 1. The maximum absolute atomic E-state index is 17.0. The van der Waals surface area contributed by atoms with Crippen molar-refractivity contribution < 1.29 is 131 Å². The molecule has 134 heavy (non-hydrogen) atoms. The SMILES string of the molecule is CC[C@H](CC(C)C)C(=O)N[C@H]1C(=O)C[C@@H](CC(=O)NC(=O)Nc2ccc(OC)cc2)C(=O)N[C@H]2C(=O)C[C@H]3C(=O)N[C@H](C(=O)N[C@H](C(=O)CC4C5CC6CC(C5)CC4C6)c4cc(O)c(CNCCCCCNS(C)(=O)=O)c(O)c4-c4cc3ccc4O)[C@H](O)c3ccc(c(Cl)c3)Oc3cc2cc(c3O[C@@H]2O[C@H](CO)[C@@H](O)[C@H](O)[C@H]2O[C@H]2C[C@](C)(N)[C@H](O)[C@H](C)O2)Oc2ccc(cc2Cl)[C@H]1O. The van der Waals surface area contributed by atoms with Gasteiger partial charge in [0.05, 0.1) is 59.6 Å². The summed E-state index contributed by atoms with van der Waals surface area (Å²) in [6.45, 7) is 7.65. The Kier molecular flexibility index (Phi) is 31.4. The molecule has 17 rings (SSSR count). The summed E-state index contributed by atoms with van der Waals surface area (Å²) in [5.74, 6) is -16.6. The van der Waals surface area contributed by atoms with Gasteiger partial charge in [-0.05, 0) is 220 Å². The van der Waals surface area contributed by atoms with Gasteiger partial charge in [-0.2, -0.15) is 0 Å². The molecule has 39 heteroatoms. The smallest absolute Gasteiger partial charge is 0.325 e. The van der Waals surface area contributed by atoms with E-state index in [0.29, 0.717) is 43.3 Å². The molecule has 0 spiro atoms. The number of benzene rings is 6. The van der Waals surface area contributed by atoms with Gasteiger partial charge in [-0.15, -0.1) is 0 Å². The van der Waals surface area contributed by atoms with E-state index in [2.05, 4.69) is 41.9 Å². The molecule has 2 saturated heterocycles. The zero-order valence-electron chi connectivity index (χ0n) is 75.1. The van der Waals surface area contributed by atoms with Crippen LogP contribution in [0.4, 0.5) is 10.5 Å². The maximum atomic E-state index is 17.0. The van der Waals surface area contributed by atoms with Crippen LogP contribution in [-0.4, -0.2) is 207 Å². The minimum atomic E-state index is -3.47. The average molecular weight is 1920 g/mol. The highest BCUT2D eigenvalue weighted by Crippen LogP contribution is 2.59. The number of nitrogens with one attached hydrogen (secondary N) is 8. The average Bonchev–Trinajstić information content (AvgIpc) is 0.755. The second-order valence-corrected chi connectivity index (χ2v) is 40.1. The number of unbranched alkanes of at least 4 members (excludes halogenated alkanes) is 2. The van der Waals surface area contributed by atoms with Crippen LogP contribution in [-0.2, 0) is 69.1 Å². The molecule has 724 valence electrons. The molecule has 7 heterocycles. The number of aliphatic hydroxyl groups is 6. The van der Waals surface area contributed by atoms with Gasteiger partial charge in [0.1, 0.15) is 89.2 Å². The van der Waals surface area contributed by atoms with Crippen LogP contribution in [0, 0.1) is 47.3 Å². The van der Waals surface area contributed by atoms with Crippen molar-refractivity contribution in [2.75, 3.05) is 38.4 Å². The predicted octanol–water partition coefficient (Wildman–Crippen LogP) is 8.15. The van der Waals surface area contributed by atoms with E-state index in [-0.39, 0.29) is 124 Å². The molecule has 7 amide bonds. The first-order valence-electron chi connectivity index (χ1n) is 45.3. The summed E-state index contributed by atoms with van der Waals surface area (Å²) in [6, 6.07) is 10.7. The van der Waals surface area contributed by atoms with E-state index in [1.807, 2.05) is 13.8 Å². The predicted molar refractivity (Wildman–Crippen MR) is 485 cm³/mol. The number of ketones is 3. The Bertz CT molecular complexity index is 5510. The van der Waals surface area contributed by atoms with E-state index in [9.17, 15) is 68.8 Å². The van der Waals surface area contributed by atoms with E-state index in [1.165, 1.54) is 93.8 Å². The Hall–Kier alpha value is -10.2. The highest BCUT2D eigenvalue weighted by molar-refractivity contribution is 7.88. The third-order valence-electron chi connectivity index (χ3n) is 27.1. The number of rotatable bonds is 26. The van der Waals surface area contributed by atoms with Crippen LogP contribution in [0.1, 0.15) is 195 Å². The third kappa shape index (κ3) is 22.7. The number of anilines is 1. The standard InChI is InChI=1S/C95H117Cl2N9O27S/c1-8-47(24-43(2)3)89(120)105-79-66(110)33-54(36-74(113)102-94(124)101-55-15-17-56(127-6)18-16-55)90(121)103-77-53-34-71(129-69-20-13-49(81(79)114)31-62(69)96)86(133-93-87(85(118)84(117)73(42-107)131-93)132-75-40-95(5,98)88(119)44(4)128-75)72(35-53)130-70-21-14-50(32-63(70)97)82(115)80-92(123)104-78(68(112)37-57-51-26-45-25-46(28-51)29-52(57)27-45)60-39-65(109)61(41-99-22-10-9-11-23-100-134(7,125)126)83(116)76(60)59-30-48(12-19-64(59)108)58(38-67(77)111)91(122)106-80/h12-21,30-32,34-35,39,43-47,51-52,54,57-58,73,75,77-82,84-85,87-88,93,99-100,107-109,114-119H,8-11,22-29,33,36-38,40-42,98H2,1-7H3,(H,103,121)(H,104,123)(H,105,120)(H,106,122)(H2,101,102,113,124)/t44-,45?,46?,47+,51?,52?,54-,57?,58+,73+,75-,77+,78-,79-,80-,81+,82+,84+,85-,87+,88+,93-,95-/m0/s1. The molecular weight excluding hydrogens is 1800 g/mol. The van der Waals surface area contributed by atoms with Crippen molar-refractivity contribution in [3.05, 3.63) is 140 Å². The molecule has 19 N–H and O–H groups in total. The Balaban J connectivity index is 0.967. The first-order valence-corrected chi connectivity index (χ1v) is 48.0.